The average molecular weight is 268 g/mol. The summed E-state index contributed by atoms with van der Waals surface area (Å²) in [6, 6.07) is 0.877. The summed E-state index contributed by atoms with van der Waals surface area (Å²) in [5, 5.41) is 7.11. The van der Waals surface area contributed by atoms with Gasteiger partial charge in [0.05, 0.1) is 11.7 Å². The molecule has 0 spiro atoms. The third-order valence-corrected chi connectivity index (χ3v) is 4.21. The molecule has 104 valence electrons. The van der Waals surface area contributed by atoms with Crippen molar-refractivity contribution in [2.24, 2.45) is 5.92 Å². The predicted octanol–water partition coefficient (Wildman–Crippen LogP) is 4.53. The molecule has 1 aromatic heterocycles. The number of thiazole rings is 1. The second kappa shape index (κ2) is 6.16. The Morgan fingerprint density at radius 1 is 1.28 bits per heavy atom. The summed E-state index contributed by atoms with van der Waals surface area (Å²) in [6.07, 6.45) is 1.18. The lowest BCUT2D eigenvalue weighted by Gasteiger charge is -2.25. The van der Waals surface area contributed by atoms with E-state index in [1.807, 2.05) is 0 Å². The molecule has 1 N–H and O–H groups in total. The minimum Gasteiger partial charge on any atom is -0.305 e. The average Bonchev–Trinajstić information content (AvgIpc) is 2.73. The Hall–Kier alpha value is -0.410. The number of hydrogen-bond acceptors (Lipinski definition) is 3. The normalized spacial score (nSPS) is 16.0. The van der Waals surface area contributed by atoms with Crippen molar-refractivity contribution < 1.29 is 0 Å². The third-order valence-electron chi connectivity index (χ3n) is 3.28. The molecule has 0 aromatic carbocycles. The largest absolute Gasteiger partial charge is 0.305 e. The molecule has 0 aliphatic carbocycles. The molecule has 0 saturated carbocycles. The van der Waals surface area contributed by atoms with Crippen molar-refractivity contribution in [2.75, 3.05) is 0 Å². The molecule has 0 bridgehead atoms. The molecule has 1 aromatic rings. The van der Waals surface area contributed by atoms with E-state index in [0.717, 1.165) is 0 Å². The summed E-state index contributed by atoms with van der Waals surface area (Å²) < 4.78 is 0. The van der Waals surface area contributed by atoms with E-state index in [4.69, 9.17) is 4.98 Å². The highest BCUT2D eigenvalue weighted by Crippen LogP contribution is 2.31. The van der Waals surface area contributed by atoms with Crippen LogP contribution in [0.25, 0.3) is 0 Å². The minimum atomic E-state index is 0.145. The molecule has 0 saturated heterocycles. The molecule has 0 amide bonds. The van der Waals surface area contributed by atoms with Gasteiger partial charge in [0.25, 0.3) is 0 Å². The van der Waals surface area contributed by atoms with Crippen LogP contribution in [0.5, 0.6) is 0 Å². The first-order chi connectivity index (χ1) is 8.25. The molecule has 0 aliphatic heterocycles. The number of rotatable bonds is 5. The molecular formula is C15H28N2S. The molecule has 18 heavy (non-hydrogen) atoms. The van der Waals surface area contributed by atoms with E-state index in [1.165, 1.54) is 17.1 Å². The fourth-order valence-corrected chi connectivity index (χ4v) is 3.09. The van der Waals surface area contributed by atoms with E-state index in [0.29, 0.717) is 18.0 Å². The van der Waals surface area contributed by atoms with Crippen molar-refractivity contribution in [1.29, 1.82) is 0 Å². The van der Waals surface area contributed by atoms with Gasteiger partial charge in [-0.05, 0) is 5.92 Å². The lowest BCUT2D eigenvalue weighted by atomic mass is 9.93. The Morgan fingerprint density at radius 2 is 1.89 bits per heavy atom. The van der Waals surface area contributed by atoms with Crippen LogP contribution in [0.15, 0.2) is 5.38 Å². The Kier molecular flexibility index (Phi) is 5.35. The first-order valence-electron chi connectivity index (χ1n) is 6.97. The van der Waals surface area contributed by atoms with Crippen LogP contribution in [0.4, 0.5) is 0 Å². The summed E-state index contributed by atoms with van der Waals surface area (Å²) >= 11 is 1.80. The van der Waals surface area contributed by atoms with Crippen molar-refractivity contribution in [3.05, 3.63) is 16.1 Å². The van der Waals surface area contributed by atoms with Gasteiger partial charge in [-0.1, -0.05) is 54.9 Å². The van der Waals surface area contributed by atoms with Gasteiger partial charge in [-0.2, -0.15) is 0 Å². The van der Waals surface area contributed by atoms with Crippen LogP contribution in [-0.2, 0) is 5.41 Å². The number of aromatic nitrogens is 1. The molecule has 2 unspecified atom stereocenters. The Bertz CT molecular complexity index is 363. The van der Waals surface area contributed by atoms with Crippen LogP contribution in [0, 0.1) is 5.92 Å². The summed E-state index contributed by atoms with van der Waals surface area (Å²) in [5.74, 6) is 0.617. The Balaban J connectivity index is 2.95. The highest BCUT2D eigenvalue weighted by Gasteiger charge is 2.24. The standard InChI is InChI=1S/C15H28N2S/c1-8-11(4)13(16-10(2)3)14-17-12(9-18-14)15(5,6)7/h9-11,13,16H,8H2,1-7H3. The molecule has 1 heterocycles. The molecule has 0 radical (unpaired) electrons. The van der Waals surface area contributed by atoms with Gasteiger partial charge in [0, 0.05) is 16.8 Å². The topological polar surface area (TPSA) is 24.9 Å². The molecule has 3 heteroatoms. The SMILES string of the molecule is CCC(C)C(NC(C)C)c1nc(C(C)(C)C)cs1. The van der Waals surface area contributed by atoms with Crippen molar-refractivity contribution in [2.45, 2.75) is 72.4 Å². The van der Waals surface area contributed by atoms with Crippen LogP contribution in [0.1, 0.15) is 71.6 Å². The molecular weight excluding hydrogens is 240 g/mol. The maximum absolute atomic E-state index is 4.86. The Morgan fingerprint density at radius 3 is 2.28 bits per heavy atom. The summed E-state index contributed by atoms with van der Waals surface area (Å²) in [4.78, 5) is 4.86. The van der Waals surface area contributed by atoms with E-state index in [-0.39, 0.29) is 5.41 Å². The monoisotopic (exact) mass is 268 g/mol. The van der Waals surface area contributed by atoms with Crippen LogP contribution < -0.4 is 5.32 Å². The third kappa shape index (κ3) is 4.06. The van der Waals surface area contributed by atoms with Gasteiger partial charge in [0.15, 0.2) is 0 Å². The molecule has 2 atom stereocenters. The summed E-state index contributed by atoms with van der Waals surface area (Å²) in [6.45, 7) is 15.6. The molecule has 1 rings (SSSR count). The number of hydrogen-bond donors (Lipinski definition) is 1. The van der Waals surface area contributed by atoms with Crippen LogP contribution in [0.2, 0.25) is 0 Å². The summed E-state index contributed by atoms with van der Waals surface area (Å²) in [5.41, 5.74) is 1.36. The van der Waals surface area contributed by atoms with Crippen LogP contribution in [-0.4, -0.2) is 11.0 Å². The number of nitrogens with zero attached hydrogens (tertiary/aromatic N) is 1. The highest BCUT2D eigenvalue weighted by molar-refractivity contribution is 7.09. The van der Waals surface area contributed by atoms with E-state index < -0.39 is 0 Å². The fraction of sp³-hybridized carbons (Fsp3) is 0.800. The van der Waals surface area contributed by atoms with E-state index in [1.54, 1.807) is 11.3 Å². The van der Waals surface area contributed by atoms with Crippen molar-refractivity contribution >= 4 is 11.3 Å². The van der Waals surface area contributed by atoms with Crippen LogP contribution >= 0.6 is 11.3 Å². The first kappa shape index (κ1) is 15.6. The maximum atomic E-state index is 4.86. The zero-order chi connectivity index (χ0) is 13.9. The van der Waals surface area contributed by atoms with Crippen LogP contribution in [0.3, 0.4) is 0 Å². The lowest BCUT2D eigenvalue weighted by molar-refractivity contribution is 0.349. The lowest BCUT2D eigenvalue weighted by Crippen LogP contribution is -2.32. The number of nitrogens with one attached hydrogen (secondary N) is 1. The van der Waals surface area contributed by atoms with E-state index in [2.05, 4.69) is 59.2 Å². The molecule has 2 nitrogen and oxygen atoms in total. The predicted molar refractivity (Wildman–Crippen MR) is 81.3 cm³/mol. The molecule has 0 aliphatic rings. The van der Waals surface area contributed by atoms with Crippen molar-refractivity contribution in [1.82, 2.24) is 10.3 Å². The molecule has 0 fully saturated rings. The minimum absolute atomic E-state index is 0.145. The van der Waals surface area contributed by atoms with Gasteiger partial charge in [-0.3, -0.25) is 0 Å². The second-order valence-corrected chi connectivity index (χ2v) is 7.40. The van der Waals surface area contributed by atoms with Gasteiger partial charge in [0.2, 0.25) is 0 Å². The van der Waals surface area contributed by atoms with E-state index in [9.17, 15) is 0 Å². The van der Waals surface area contributed by atoms with Gasteiger partial charge in [-0.15, -0.1) is 11.3 Å². The van der Waals surface area contributed by atoms with Gasteiger partial charge in [0.1, 0.15) is 5.01 Å². The maximum Gasteiger partial charge on any atom is 0.110 e. The zero-order valence-corrected chi connectivity index (χ0v) is 13.7. The van der Waals surface area contributed by atoms with Crippen molar-refractivity contribution in [3.63, 3.8) is 0 Å². The fourth-order valence-electron chi connectivity index (χ4n) is 1.85. The summed E-state index contributed by atoms with van der Waals surface area (Å²) in [7, 11) is 0. The first-order valence-corrected chi connectivity index (χ1v) is 7.85. The zero-order valence-electron chi connectivity index (χ0n) is 12.9. The van der Waals surface area contributed by atoms with Gasteiger partial charge >= 0.3 is 0 Å². The van der Waals surface area contributed by atoms with Gasteiger partial charge < -0.3 is 5.32 Å². The smallest absolute Gasteiger partial charge is 0.110 e. The Labute approximate surface area is 116 Å². The quantitative estimate of drug-likeness (QED) is 0.849. The van der Waals surface area contributed by atoms with E-state index >= 15 is 0 Å². The highest BCUT2D eigenvalue weighted by atomic mass is 32.1. The second-order valence-electron chi connectivity index (χ2n) is 6.51. The van der Waals surface area contributed by atoms with Crippen molar-refractivity contribution in [3.8, 4) is 0 Å². The van der Waals surface area contributed by atoms with Gasteiger partial charge in [-0.25, -0.2) is 4.98 Å².